The molecule has 0 spiro atoms. The molecule has 6 nitrogen and oxygen atoms in total. The molecule has 0 aromatic carbocycles. The van der Waals surface area contributed by atoms with Crippen LogP contribution in [0.2, 0.25) is 0 Å². The Labute approximate surface area is 192 Å². The van der Waals surface area contributed by atoms with Gasteiger partial charge in [-0.05, 0) is 38.4 Å². The maximum absolute atomic E-state index is 12.5. The third kappa shape index (κ3) is 6.93. The molecular weight excluding hydrogens is 485 g/mol. The fraction of sp³-hybridized carbons (Fsp3) is 0.900. The zero-order valence-electron chi connectivity index (χ0n) is 17.5. The number of aliphatic imine (C=N–C) groups is 1. The van der Waals surface area contributed by atoms with Crippen LogP contribution in [0, 0.1) is 5.92 Å². The van der Waals surface area contributed by atoms with Gasteiger partial charge in [-0.1, -0.05) is 12.8 Å². The highest BCUT2D eigenvalue weighted by Crippen LogP contribution is 2.36. The van der Waals surface area contributed by atoms with Gasteiger partial charge in [-0.15, -0.1) is 24.0 Å². The Balaban J connectivity index is 0.00000280. The molecule has 2 heterocycles. The Morgan fingerprint density at radius 3 is 2.46 bits per heavy atom. The second-order valence-corrected chi connectivity index (χ2v) is 10.1. The van der Waals surface area contributed by atoms with E-state index in [4.69, 9.17) is 0 Å². The molecule has 2 saturated heterocycles. The van der Waals surface area contributed by atoms with Gasteiger partial charge >= 0.3 is 0 Å². The number of nitrogens with zero attached hydrogens (tertiary/aromatic N) is 3. The monoisotopic (exact) mass is 523 g/mol. The van der Waals surface area contributed by atoms with Crippen molar-refractivity contribution in [3.63, 3.8) is 0 Å². The van der Waals surface area contributed by atoms with Crippen LogP contribution in [0.25, 0.3) is 0 Å². The lowest BCUT2D eigenvalue weighted by molar-refractivity contribution is -0.137. The number of halogens is 1. The smallest absolute Gasteiger partial charge is 0.225 e. The fourth-order valence-corrected chi connectivity index (χ4v) is 5.67. The van der Waals surface area contributed by atoms with Crippen molar-refractivity contribution in [1.82, 2.24) is 20.4 Å². The molecule has 0 aromatic rings. The van der Waals surface area contributed by atoms with Crippen LogP contribution in [0.15, 0.2) is 4.99 Å². The maximum Gasteiger partial charge on any atom is 0.225 e. The van der Waals surface area contributed by atoms with Crippen molar-refractivity contribution in [2.45, 2.75) is 50.2 Å². The molecule has 8 heteroatoms. The van der Waals surface area contributed by atoms with Crippen LogP contribution in [-0.4, -0.2) is 85.0 Å². The number of rotatable bonds is 6. The molecule has 2 aliphatic heterocycles. The highest BCUT2D eigenvalue weighted by molar-refractivity contribution is 14.0. The van der Waals surface area contributed by atoms with Gasteiger partial charge in [0.25, 0.3) is 0 Å². The number of amides is 1. The van der Waals surface area contributed by atoms with Gasteiger partial charge in [-0.25, -0.2) is 0 Å². The average molecular weight is 524 g/mol. The second kappa shape index (κ2) is 11.8. The predicted molar refractivity (Wildman–Crippen MR) is 130 cm³/mol. The van der Waals surface area contributed by atoms with E-state index in [0.717, 1.165) is 64.6 Å². The van der Waals surface area contributed by atoms with Crippen LogP contribution in [-0.2, 0) is 4.79 Å². The van der Waals surface area contributed by atoms with Crippen molar-refractivity contribution >= 4 is 47.6 Å². The number of nitrogens with one attached hydrogen (secondary N) is 2. The maximum atomic E-state index is 12.5. The molecule has 1 atom stereocenters. The normalized spacial score (nSPS) is 26.9. The SMILES string of the molecule is CN=C(NCCN1CCN(C(=O)C2CCCC2)CC1)NCC1(C)CCCS1.I. The molecule has 0 aromatic heterocycles. The zero-order valence-corrected chi connectivity index (χ0v) is 20.7. The first-order valence-corrected chi connectivity index (χ1v) is 11.7. The van der Waals surface area contributed by atoms with E-state index in [1.807, 2.05) is 7.05 Å². The third-order valence-electron chi connectivity index (χ3n) is 6.26. The van der Waals surface area contributed by atoms with Gasteiger partial charge in [-0.2, -0.15) is 11.8 Å². The van der Waals surface area contributed by atoms with Crippen LogP contribution < -0.4 is 10.6 Å². The van der Waals surface area contributed by atoms with Crippen molar-refractivity contribution < 1.29 is 4.79 Å². The van der Waals surface area contributed by atoms with Gasteiger partial charge in [0.05, 0.1) is 0 Å². The highest BCUT2D eigenvalue weighted by Gasteiger charge is 2.30. The summed E-state index contributed by atoms with van der Waals surface area (Å²) in [6, 6.07) is 0. The van der Waals surface area contributed by atoms with Crippen molar-refractivity contribution in [2.75, 3.05) is 58.6 Å². The van der Waals surface area contributed by atoms with E-state index in [1.165, 1.54) is 31.4 Å². The van der Waals surface area contributed by atoms with Crippen LogP contribution in [0.1, 0.15) is 45.4 Å². The molecule has 1 unspecified atom stereocenters. The van der Waals surface area contributed by atoms with E-state index in [9.17, 15) is 4.79 Å². The lowest BCUT2D eigenvalue weighted by Crippen LogP contribution is -2.52. The van der Waals surface area contributed by atoms with Crippen molar-refractivity contribution in [3.8, 4) is 0 Å². The molecule has 28 heavy (non-hydrogen) atoms. The predicted octanol–water partition coefficient (Wildman–Crippen LogP) is 2.39. The molecule has 0 bridgehead atoms. The van der Waals surface area contributed by atoms with E-state index < -0.39 is 0 Å². The van der Waals surface area contributed by atoms with Gasteiger partial charge in [0.1, 0.15) is 0 Å². The molecule has 1 saturated carbocycles. The van der Waals surface area contributed by atoms with Crippen LogP contribution >= 0.6 is 35.7 Å². The molecule has 2 N–H and O–H groups in total. The van der Waals surface area contributed by atoms with Gasteiger partial charge in [0, 0.05) is 63.5 Å². The first kappa shape index (κ1) is 24.1. The molecule has 3 aliphatic rings. The second-order valence-electron chi connectivity index (χ2n) is 8.40. The minimum absolute atomic E-state index is 0. The summed E-state index contributed by atoms with van der Waals surface area (Å²) in [6.45, 7) is 8.95. The minimum atomic E-state index is 0. The molecule has 0 radical (unpaired) electrons. The molecule has 3 fully saturated rings. The Kier molecular flexibility index (Phi) is 10.2. The summed E-state index contributed by atoms with van der Waals surface area (Å²) in [6.07, 6.45) is 7.28. The van der Waals surface area contributed by atoms with Crippen LogP contribution in [0.4, 0.5) is 0 Å². The van der Waals surface area contributed by atoms with E-state index in [2.05, 4.69) is 44.1 Å². The number of thioether (sulfide) groups is 1. The first-order valence-electron chi connectivity index (χ1n) is 10.7. The molecule has 1 amide bonds. The summed E-state index contributed by atoms with van der Waals surface area (Å²) in [5, 5.41) is 6.93. The summed E-state index contributed by atoms with van der Waals surface area (Å²) >= 11 is 2.07. The number of carbonyl (C=O) groups is 1. The van der Waals surface area contributed by atoms with Gasteiger partial charge in [0.2, 0.25) is 5.91 Å². The van der Waals surface area contributed by atoms with Crippen molar-refractivity contribution in [1.29, 1.82) is 0 Å². The number of hydrogen-bond acceptors (Lipinski definition) is 4. The quantitative estimate of drug-likeness (QED) is 0.318. The van der Waals surface area contributed by atoms with E-state index in [1.54, 1.807) is 0 Å². The first-order chi connectivity index (χ1) is 13.1. The standard InChI is InChI=1S/C20H37N5OS.HI/c1-20(8-5-15-27-20)16-23-19(21-2)22-9-10-24-11-13-25(14-12-24)18(26)17-6-3-4-7-17;/h17H,3-16H2,1-2H3,(H2,21,22,23);1H. The Morgan fingerprint density at radius 1 is 1.14 bits per heavy atom. The fourth-order valence-electron chi connectivity index (χ4n) is 4.42. The molecule has 1 aliphatic carbocycles. The highest BCUT2D eigenvalue weighted by atomic mass is 127. The zero-order chi connectivity index (χ0) is 19.1. The number of carbonyl (C=O) groups excluding carboxylic acids is 1. The molecule has 3 rings (SSSR count). The van der Waals surface area contributed by atoms with Gasteiger partial charge in [-0.3, -0.25) is 14.7 Å². The number of hydrogen-bond donors (Lipinski definition) is 2. The van der Waals surface area contributed by atoms with E-state index >= 15 is 0 Å². The van der Waals surface area contributed by atoms with Crippen LogP contribution in [0.3, 0.4) is 0 Å². The van der Waals surface area contributed by atoms with Gasteiger partial charge in [0.15, 0.2) is 5.96 Å². The molecular formula is C20H38IN5OS. The Hall–Kier alpha value is -0.220. The Bertz CT molecular complexity index is 513. The van der Waals surface area contributed by atoms with Crippen LogP contribution in [0.5, 0.6) is 0 Å². The number of piperazine rings is 1. The average Bonchev–Trinajstić information content (AvgIpc) is 3.37. The van der Waals surface area contributed by atoms with E-state index in [0.29, 0.717) is 16.6 Å². The summed E-state index contributed by atoms with van der Waals surface area (Å²) in [7, 11) is 1.84. The van der Waals surface area contributed by atoms with Gasteiger partial charge < -0.3 is 15.5 Å². The largest absolute Gasteiger partial charge is 0.355 e. The lowest BCUT2D eigenvalue weighted by atomic mass is 10.1. The Morgan fingerprint density at radius 2 is 1.86 bits per heavy atom. The summed E-state index contributed by atoms with van der Waals surface area (Å²) < 4.78 is 0.347. The lowest BCUT2D eigenvalue weighted by Gasteiger charge is -2.36. The topological polar surface area (TPSA) is 60.0 Å². The van der Waals surface area contributed by atoms with Crippen molar-refractivity contribution in [2.24, 2.45) is 10.9 Å². The summed E-state index contributed by atoms with van der Waals surface area (Å²) in [4.78, 5) is 21.4. The summed E-state index contributed by atoms with van der Waals surface area (Å²) in [5.41, 5.74) is 0. The number of guanidine groups is 1. The summed E-state index contributed by atoms with van der Waals surface area (Å²) in [5.74, 6) is 2.90. The van der Waals surface area contributed by atoms with E-state index in [-0.39, 0.29) is 24.0 Å². The third-order valence-corrected chi connectivity index (χ3v) is 7.80. The molecule has 162 valence electrons. The van der Waals surface area contributed by atoms with Crippen molar-refractivity contribution in [3.05, 3.63) is 0 Å². The minimum Gasteiger partial charge on any atom is -0.355 e.